The van der Waals surface area contributed by atoms with Crippen LogP contribution in [0.1, 0.15) is 32.6 Å². The van der Waals surface area contributed by atoms with Crippen LogP contribution < -0.4 is 5.32 Å². The summed E-state index contributed by atoms with van der Waals surface area (Å²) in [5, 5.41) is 2.90. The zero-order chi connectivity index (χ0) is 10.4. The smallest absolute Gasteiger partial charge is 0.317 e. The van der Waals surface area contributed by atoms with E-state index < -0.39 is 0 Å². The number of likely N-dealkylation sites (tertiary alicyclic amines) is 1. The van der Waals surface area contributed by atoms with Gasteiger partial charge in [-0.05, 0) is 26.2 Å². The fraction of sp³-hybridized carbons (Fsp3) is 0.727. The molecule has 0 saturated carbocycles. The highest BCUT2D eigenvalue weighted by atomic mass is 16.2. The lowest BCUT2D eigenvalue weighted by molar-refractivity contribution is 0.183. The number of nitrogens with one attached hydrogen (secondary N) is 1. The molecule has 0 aliphatic carbocycles. The van der Waals surface area contributed by atoms with Crippen molar-refractivity contribution >= 4 is 6.03 Å². The third-order valence-corrected chi connectivity index (χ3v) is 2.44. The van der Waals surface area contributed by atoms with E-state index >= 15 is 0 Å². The van der Waals surface area contributed by atoms with E-state index in [2.05, 4.69) is 11.2 Å². The number of carbonyl (C=O) groups is 1. The fourth-order valence-corrected chi connectivity index (χ4v) is 1.63. The lowest BCUT2D eigenvalue weighted by Crippen LogP contribution is -2.45. The van der Waals surface area contributed by atoms with Gasteiger partial charge in [0.05, 0.1) is 0 Å². The minimum Gasteiger partial charge on any atom is -0.335 e. The summed E-state index contributed by atoms with van der Waals surface area (Å²) < 4.78 is 0. The molecule has 3 nitrogen and oxygen atoms in total. The van der Waals surface area contributed by atoms with Crippen molar-refractivity contribution < 1.29 is 4.79 Å². The van der Waals surface area contributed by atoms with Crippen molar-refractivity contribution in [1.82, 2.24) is 10.2 Å². The van der Waals surface area contributed by atoms with Crippen LogP contribution in [0.4, 0.5) is 4.79 Å². The maximum Gasteiger partial charge on any atom is 0.317 e. The van der Waals surface area contributed by atoms with Gasteiger partial charge in [-0.15, -0.1) is 12.3 Å². The molecule has 1 unspecified atom stereocenters. The molecule has 14 heavy (non-hydrogen) atoms. The van der Waals surface area contributed by atoms with Crippen molar-refractivity contribution in [2.24, 2.45) is 0 Å². The second-order valence-corrected chi connectivity index (χ2v) is 3.81. The summed E-state index contributed by atoms with van der Waals surface area (Å²) in [6.07, 6.45) is 9.25. The number of piperidine rings is 1. The first-order valence-electron chi connectivity index (χ1n) is 5.23. The van der Waals surface area contributed by atoms with E-state index in [4.69, 9.17) is 6.42 Å². The molecule has 1 aliphatic heterocycles. The maximum absolute atomic E-state index is 11.6. The molecule has 2 amide bonds. The molecular formula is C11H18N2O. The molecule has 1 N–H and O–H groups in total. The van der Waals surface area contributed by atoms with Gasteiger partial charge in [-0.2, -0.15) is 0 Å². The topological polar surface area (TPSA) is 32.3 Å². The van der Waals surface area contributed by atoms with Crippen LogP contribution >= 0.6 is 0 Å². The van der Waals surface area contributed by atoms with Crippen molar-refractivity contribution in [3.63, 3.8) is 0 Å². The standard InChI is InChI=1S/C11H18N2O/c1-3-7-10(2)12-11(14)13-8-5-4-6-9-13/h1,10H,4-9H2,2H3,(H,12,14). The van der Waals surface area contributed by atoms with E-state index in [1.54, 1.807) is 0 Å². The van der Waals surface area contributed by atoms with Crippen molar-refractivity contribution in [2.75, 3.05) is 13.1 Å². The van der Waals surface area contributed by atoms with E-state index in [1.807, 2.05) is 11.8 Å². The number of urea groups is 1. The predicted octanol–water partition coefficient (Wildman–Crippen LogP) is 1.59. The summed E-state index contributed by atoms with van der Waals surface area (Å²) in [6.45, 7) is 3.70. The third kappa shape index (κ3) is 3.29. The summed E-state index contributed by atoms with van der Waals surface area (Å²) in [5.74, 6) is 2.54. The summed E-state index contributed by atoms with van der Waals surface area (Å²) in [5.41, 5.74) is 0. The summed E-state index contributed by atoms with van der Waals surface area (Å²) >= 11 is 0. The predicted molar refractivity (Wildman–Crippen MR) is 56.9 cm³/mol. The van der Waals surface area contributed by atoms with E-state index in [1.165, 1.54) is 6.42 Å². The normalized spacial score (nSPS) is 18.4. The van der Waals surface area contributed by atoms with Crippen LogP contribution in [0.5, 0.6) is 0 Å². The van der Waals surface area contributed by atoms with Crippen LogP contribution in [0.2, 0.25) is 0 Å². The second-order valence-electron chi connectivity index (χ2n) is 3.81. The van der Waals surface area contributed by atoms with Gasteiger partial charge in [0.1, 0.15) is 0 Å². The SMILES string of the molecule is C#CCC(C)NC(=O)N1CCCCC1. The molecule has 0 bridgehead atoms. The van der Waals surface area contributed by atoms with Gasteiger partial charge in [0.15, 0.2) is 0 Å². The van der Waals surface area contributed by atoms with E-state index in [0.29, 0.717) is 6.42 Å². The van der Waals surface area contributed by atoms with Crippen LogP contribution in [0.3, 0.4) is 0 Å². The Bertz CT molecular complexity index is 226. The van der Waals surface area contributed by atoms with Gasteiger partial charge in [-0.3, -0.25) is 0 Å². The molecule has 0 aromatic carbocycles. The average molecular weight is 194 g/mol. The molecule has 1 aliphatic rings. The zero-order valence-corrected chi connectivity index (χ0v) is 8.75. The molecule has 3 heteroatoms. The van der Waals surface area contributed by atoms with Crippen molar-refractivity contribution in [3.05, 3.63) is 0 Å². The number of nitrogens with zero attached hydrogens (tertiary/aromatic N) is 1. The number of amides is 2. The molecule has 1 heterocycles. The molecular weight excluding hydrogens is 176 g/mol. The average Bonchev–Trinajstić information content (AvgIpc) is 2.19. The molecule has 0 radical (unpaired) electrons. The van der Waals surface area contributed by atoms with Crippen LogP contribution in [0.25, 0.3) is 0 Å². The van der Waals surface area contributed by atoms with Crippen LogP contribution in [-0.4, -0.2) is 30.1 Å². The van der Waals surface area contributed by atoms with Crippen LogP contribution in [0, 0.1) is 12.3 Å². The molecule has 0 aromatic rings. The van der Waals surface area contributed by atoms with Crippen molar-refractivity contribution in [1.29, 1.82) is 0 Å². The Kier molecular flexibility index (Phi) is 4.31. The molecule has 1 atom stereocenters. The summed E-state index contributed by atoms with van der Waals surface area (Å²) in [4.78, 5) is 13.5. The monoisotopic (exact) mass is 194 g/mol. The van der Waals surface area contributed by atoms with Gasteiger partial charge >= 0.3 is 6.03 Å². The molecule has 0 spiro atoms. The zero-order valence-electron chi connectivity index (χ0n) is 8.75. The highest BCUT2D eigenvalue weighted by Crippen LogP contribution is 2.08. The van der Waals surface area contributed by atoms with Gasteiger partial charge in [-0.25, -0.2) is 4.79 Å². The van der Waals surface area contributed by atoms with Crippen LogP contribution in [-0.2, 0) is 0 Å². The van der Waals surface area contributed by atoms with Crippen LogP contribution in [0.15, 0.2) is 0 Å². The third-order valence-electron chi connectivity index (χ3n) is 2.44. The lowest BCUT2D eigenvalue weighted by atomic mass is 10.1. The molecule has 0 aromatic heterocycles. The number of carbonyl (C=O) groups excluding carboxylic acids is 1. The van der Waals surface area contributed by atoms with Gasteiger partial charge in [0, 0.05) is 25.6 Å². The van der Waals surface area contributed by atoms with Gasteiger partial charge < -0.3 is 10.2 Å². The number of hydrogen-bond acceptors (Lipinski definition) is 1. The number of hydrogen-bond donors (Lipinski definition) is 1. The molecule has 1 saturated heterocycles. The number of terminal acetylenes is 1. The second kappa shape index (κ2) is 5.54. The van der Waals surface area contributed by atoms with E-state index in [9.17, 15) is 4.79 Å². The van der Waals surface area contributed by atoms with Gasteiger partial charge in [-0.1, -0.05) is 0 Å². The minimum absolute atomic E-state index is 0.0347. The number of rotatable bonds is 2. The van der Waals surface area contributed by atoms with Gasteiger partial charge in [0.25, 0.3) is 0 Å². The Morgan fingerprint density at radius 2 is 2.14 bits per heavy atom. The fourth-order valence-electron chi connectivity index (χ4n) is 1.63. The Balaban J connectivity index is 2.30. The summed E-state index contributed by atoms with van der Waals surface area (Å²) in [6, 6.07) is 0.113. The van der Waals surface area contributed by atoms with E-state index in [0.717, 1.165) is 25.9 Å². The highest BCUT2D eigenvalue weighted by molar-refractivity contribution is 5.74. The quantitative estimate of drug-likeness (QED) is 0.665. The Hall–Kier alpha value is -1.17. The minimum atomic E-state index is 0.0347. The largest absolute Gasteiger partial charge is 0.335 e. The van der Waals surface area contributed by atoms with E-state index in [-0.39, 0.29) is 12.1 Å². The Morgan fingerprint density at radius 3 is 2.71 bits per heavy atom. The van der Waals surface area contributed by atoms with Crippen molar-refractivity contribution in [2.45, 2.75) is 38.6 Å². The molecule has 1 fully saturated rings. The first-order chi connectivity index (χ1) is 6.74. The van der Waals surface area contributed by atoms with Gasteiger partial charge in [0.2, 0.25) is 0 Å². The first-order valence-corrected chi connectivity index (χ1v) is 5.23. The molecule has 78 valence electrons. The Morgan fingerprint density at radius 1 is 1.50 bits per heavy atom. The Labute approximate surface area is 85.9 Å². The highest BCUT2D eigenvalue weighted by Gasteiger charge is 2.17. The lowest BCUT2D eigenvalue weighted by Gasteiger charge is -2.28. The maximum atomic E-state index is 11.6. The first kappa shape index (κ1) is 10.9. The molecule has 1 rings (SSSR count). The van der Waals surface area contributed by atoms with Crippen molar-refractivity contribution in [3.8, 4) is 12.3 Å². The summed E-state index contributed by atoms with van der Waals surface area (Å²) in [7, 11) is 0.